The van der Waals surface area contributed by atoms with Gasteiger partial charge >= 0.3 is 6.18 Å². The van der Waals surface area contributed by atoms with E-state index in [0.717, 1.165) is 31.5 Å². The maximum Gasteiger partial charge on any atom is 0.417 e. The highest BCUT2D eigenvalue weighted by molar-refractivity contribution is 5.95. The van der Waals surface area contributed by atoms with Crippen LogP contribution in [0.25, 0.3) is 5.82 Å². The molecule has 2 aromatic rings. The standard InChI is InChI=1S/C22H28F3N5O2/c1-3-4-5-10-26-20(31)16-8-11-29(12-9-16)21(32)18-14-28-30(15(18)2)19-7-6-17(13-27-19)22(23,24)25/h6-7,13-14,16H,3-5,8-12H2,1-2H3,(H,26,31). The van der Waals surface area contributed by atoms with Gasteiger partial charge in [-0.05, 0) is 38.3 Å². The highest BCUT2D eigenvalue weighted by Gasteiger charge is 2.31. The van der Waals surface area contributed by atoms with Crippen molar-refractivity contribution in [3.05, 3.63) is 41.3 Å². The molecule has 2 aromatic heterocycles. The number of carbonyl (C=O) groups is 2. The summed E-state index contributed by atoms with van der Waals surface area (Å²) >= 11 is 0. The fraction of sp³-hybridized carbons (Fsp3) is 0.545. The summed E-state index contributed by atoms with van der Waals surface area (Å²) in [5.41, 5.74) is 0.0202. The van der Waals surface area contributed by atoms with E-state index in [-0.39, 0.29) is 23.6 Å². The van der Waals surface area contributed by atoms with Crippen molar-refractivity contribution in [3.8, 4) is 5.82 Å². The van der Waals surface area contributed by atoms with E-state index in [4.69, 9.17) is 0 Å². The fourth-order valence-electron chi connectivity index (χ4n) is 3.78. The predicted molar refractivity (Wildman–Crippen MR) is 112 cm³/mol. The van der Waals surface area contributed by atoms with Crippen molar-refractivity contribution in [2.24, 2.45) is 5.92 Å². The van der Waals surface area contributed by atoms with Crippen molar-refractivity contribution < 1.29 is 22.8 Å². The third-order valence-electron chi connectivity index (χ3n) is 5.76. The molecule has 0 unspecified atom stereocenters. The Morgan fingerprint density at radius 2 is 1.88 bits per heavy atom. The van der Waals surface area contributed by atoms with Gasteiger partial charge in [0, 0.05) is 31.7 Å². The van der Waals surface area contributed by atoms with Crippen molar-refractivity contribution in [3.63, 3.8) is 0 Å². The smallest absolute Gasteiger partial charge is 0.356 e. The van der Waals surface area contributed by atoms with Crippen LogP contribution in [0.1, 0.15) is 60.6 Å². The van der Waals surface area contributed by atoms with Gasteiger partial charge in [-0.1, -0.05) is 19.8 Å². The van der Waals surface area contributed by atoms with E-state index in [1.165, 1.54) is 16.9 Å². The number of hydrogen-bond acceptors (Lipinski definition) is 4. The number of aromatic nitrogens is 3. The Kier molecular flexibility index (Phi) is 7.52. The lowest BCUT2D eigenvalue weighted by Crippen LogP contribution is -2.43. The van der Waals surface area contributed by atoms with Gasteiger partial charge in [-0.2, -0.15) is 18.3 Å². The zero-order chi connectivity index (χ0) is 23.3. The summed E-state index contributed by atoms with van der Waals surface area (Å²) < 4.78 is 39.6. The number of alkyl halides is 3. The molecule has 0 radical (unpaired) electrons. The molecular weight excluding hydrogens is 423 g/mol. The Labute approximate surface area is 185 Å². The Balaban J connectivity index is 1.60. The summed E-state index contributed by atoms with van der Waals surface area (Å²) in [5.74, 6) is -0.0538. The first-order chi connectivity index (χ1) is 15.2. The van der Waals surface area contributed by atoms with Crippen LogP contribution in [0.2, 0.25) is 0 Å². The minimum absolute atomic E-state index is 0.0468. The molecule has 3 rings (SSSR count). The number of nitrogens with one attached hydrogen (secondary N) is 1. The van der Waals surface area contributed by atoms with Crippen LogP contribution in [-0.4, -0.2) is 51.1 Å². The van der Waals surface area contributed by atoms with E-state index in [1.807, 2.05) is 0 Å². The molecule has 0 spiro atoms. The molecule has 0 aromatic carbocycles. The number of likely N-dealkylation sites (tertiary alicyclic amines) is 1. The number of rotatable bonds is 7. The van der Waals surface area contributed by atoms with Crippen LogP contribution in [0, 0.1) is 12.8 Å². The molecule has 1 fully saturated rings. The number of halogens is 3. The quantitative estimate of drug-likeness (QED) is 0.651. The van der Waals surface area contributed by atoms with E-state index in [9.17, 15) is 22.8 Å². The molecule has 0 saturated carbocycles. The van der Waals surface area contributed by atoms with Gasteiger partial charge in [0.1, 0.15) is 0 Å². The largest absolute Gasteiger partial charge is 0.417 e. The van der Waals surface area contributed by atoms with Crippen LogP contribution in [0.4, 0.5) is 13.2 Å². The molecule has 7 nitrogen and oxygen atoms in total. The molecular formula is C22H28F3N5O2. The molecule has 10 heteroatoms. The third-order valence-corrected chi connectivity index (χ3v) is 5.76. The van der Waals surface area contributed by atoms with Crippen LogP contribution in [0.15, 0.2) is 24.5 Å². The van der Waals surface area contributed by atoms with Gasteiger partial charge in [0.15, 0.2) is 5.82 Å². The van der Waals surface area contributed by atoms with Gasteiger partial charge < -0.3 is 10.2 Å². The Bertz CT molecular complexity index is 932. The fourth-order valence-corrected chi connectivity index (χ4v) is 3.78. The van der Waals surface area contributed by atoms with E-state index < -0.39 is 11.7 Å². The van der Waals surface area contributed by atoms with Gasteiger partial charge in [0.25, 0.3) is 5.91 Å². The molecule has 3 heterocycles. The third kappa shape index (κ3) is 5.46. The monoisotopic (exact) mass is 451 g/mol. The lowest BCUT2D eigenvalue weighted by Gasteiger charge is -2.31. The summed E-state index contributed by atoms with van der Waals surface area (Å²) in [6.07, 6.45) is 2.03. The van der Waals surface area contributed by atoms with Crippen LogP contribution >= 0.6 is 0 Å². The van der Waals surface area contributed by atoms with Crippen LogP contribution in [0.3, 0.4) is 0 Å². The Morgan fingerprint density at radius 3 is 2.47 bits per heavy atom. The van der Waals surface area contributed by atoms with E-state index >= 15 is 0 Å². The Morgan fingerprint density at radius 1 is 1.16 bits per heavy atom. The summed E-state index contributed by atoms with van der Waals surface area (Å²) in [5, 5.41) is 7.12. The summed E-state index contributed by atoms with van der Waals surface area (Å²) in [6, 6.07) is 2.16. The molecule has 2 amide bonds. The molecule has 0 bridgehead atoms. The minimum Gasteiger partial charge on any atom is -0.356 e. The van der Waals surface area contributed by atoms with Gasteiger partial charge in [-0.3, -0.25) is 9.59 Å². The summed E-state index contributed by atoms with van der Waals surface area (Å²) in [7, 11) is 0. The highest BCUT2D eigenvalue weighted by Crippen LogP contribution is 2.29. The van der Waals surface area contributed by atoms with Gasteiger partial charge in [-0.25, -0.2) is 9.67 Å². The number of nitrogens with zero attached hydrogens (tertiary/aromatic N) is 4. The first kappa shape index (κ1) is 23.7. The zero-order valence-corrected chi connectivity index (χ0v) is 18.3. The van der Waals surface area contributed by atoms with Gasteiger partial charge in [0.2, 0.25) is 5.91 Å². The second kappa shape index (κ2) is 10.1. The average molecular weight is 451 g/mol. The Hall–Kier alpha value is -2.91. The number of carbonyl (C=O) groups excluding carboxylic acids is 2. The highest BCUT2D eigenvalue weighted by atomic mass is 19.4. The topological polar surface area (TPSA) is 80.1 Å². The lowest BCUT2D eigenvalue weighted by molar-refractivity contribution is -0.137. The average Bonchev–Trinajstić information content (AvgIpc) is 3.17. The number of unbranched alkanes of at least 4 members (excludes halogenated alkanes) is 2. The van der Waals surface area contributed by atoms with E-state index in [1.54, 1.807) is 11.8 Å². The second-order valence-corrected chi connectivity index (χ2v) is 8.02. The first-order valence-electron chi connectivity index (χ1n) is 10.9. The van der Waals surface area contributed by atoms with Crippen LogP contribution in [0.5, 0.6) is 0 Å². The molecule has 174 valence electrons. The van der Waals surface area contributed by atoms with Crippen molar-refractivity contribution >= 4 is 11.8 Å². The van der Waals surface area contributed by atoms with Crippen LogP contribution < -0.4 is 5.32 Å². The second-order valence-electron chi connectivity index (χ2n) is 8.02. The molecule has 1 saturated heterocycles. The van der Waals surface area contributed by atoms with Crippen LogP contribution in [-0.2, 0) is 11.0 Å². The van der Waals surface area contributed by atoms with Gasteiger partial charge in [0.05, 0.1) is 23.0 Å². The molecule has 1 N–H and O–H groups in total. The first-order valence-corrected chi connectivity index (χ1v) is 10.9. The minimum atomic E-state index is -4.47. The lowest BCUT2D eigenvalue weighted by atomic mass is 9.95. The SMILES string of the molecule is CCCCCNC(=O)C1CCN(C(=O)c2cnn(-c3ccc(C(F)(F)F)cn3)c2C)CC1. The molecule has 0 aliphatic carbocycles. The number of piperidine rings is 1. The summed E-state index contributed by atoms with van der Waals surface area (Å²) in [6.45, 7) is 5.41. The summed E-state index contributed by atoms with van der Waals surface area (Å²) in [4.78, 5) is 30.8. The molecule has 1 aliphatic rings. The predicted octanol–water partition coefficient (Wildman–Crippen LogP) is 3.75. The molecule has 1 aliphatic heterocycles. The van der Waals surface area contributed by atoms with E-state index in [2.05, 4.69) is 22.3 Å². The van der Waals surface area contributed by atoms with Crippen molar-refractivity contribution in [2.75, 3.05) is 19.6 Å². The van der Waals surface area contributed by atoms with E-state index in [0.29, 0.717) is 43.7 Å². The number of pyridine rings is 1. The zero-order valence-electron chi connectivity index (χ0n) is 18.3. The normalized spacial score (nSPS) is 15.1. The number of hydrogen-bond donors (Lipinski definition) is 1. The maximum atomic E-state index is 13.0. The maximum absolute atomic E-state index is 13.0. The van der Waals surface area contributed by atoms with Crippen molar-refractivity contribution in [1.82, 2.24) is 25.0 Å². The molecule has 0 atom stereocenters. The van der Waals surface area contributed by atoms with Gasteiger partial charge in [-0.15, -0.1) is 0 Å². The van der Waals surface area contributed by atoms with Crippen molar-refractivity contribution in [2.45, 2.75) is 52.1 Å². The van der Waals surface area contributed by atoms with Crippen molar-refractivity contribution in [1.29, 1.82) is 0 Å². The number of amides is 2. The molecule has 32 heavy (non-hydrogen) atoms.